The summed E-state index contributed by atoms with van der Waals surface area (Å²) in [6, 6.07) is 13.5. The van der Waals surface area contributed by atoms with E-state index in [-0.39, 0.29) is 4.90 Å². The molecule has 1 heterocycles. The van der Waals surface area contributed by atoms with Crippen molar-refractivity contribution in [3.63, 3.8) is 0 Å². The van der Waals surface area contributed by atoms with Gasteiger partial charge < -0.3 is 10.6 Å². The summed E-state index contributed by atoms with van der Waals surface area (Å²) in [4.78, 5) is 9.38. The van der Waals surface area contributed by atoms with Crippen LogP contribution in [0.2, 0.25) is 5.02 Å². The van der Waals surface area contributed by atoms with Gasteiger partial charge in [0, 0.05) is 16.6 Å². The Kier molecular flexibility index (Phi) is 6.79. The highest BCUT2D eigenvalue weighted by atomic mass is 35.5. The highest BCUT2D eigenvalue weighted by Crippen LogP contribution is 2.31. The number of anilines is 4. The lowest BCUT2D eigenvalue weighted by Gasteiger charge is -2.13. The Bertz CT molecular complexity index is 1230. The van der Waals surface area contributed by atoms with E-state index in [4.69, 9.17) is 16.9 Å². The Morgan fingerprint density at radius 3 is 2.43 bits per heavy atom. The van der Waals surface area contributed by atoms with Crippen LogP contribution in [0.25, 0.3) is 0 Å². The molecule has 2 aromatic carbocycles. The number of thioether (sulfide) groups is 1. The summed E-state index contributed by atoms with van der Waals surface area (Å²) >= 11 is 7.54. The molecule has 0 bridgehead atoms. The maximum Gasteiger partial charge on any atom is 0.240 e. The largest absolute Gasteiger partial charge is 0.340 e. The number of nitriles is 1. The first-order valence-corrected chi connectivity index (χ1v) is 11.6. The molecule has 8 nitrogen and oxygen atoms in total. The second-order valence-corrected chi connectivity index (χ2v) is 9.06. The van der Waals surface area contributed by atoms with Gasteiger partial charge in [0.25, 0.3) is 0 Å². The Morgan fingerprint density at radius 1 is 1.07 bits per heavy atom. The first-order valence-electron chi connectivity index (χ1n) is 8.53. The fourth-order valence-electron chi connectivity index (χ4n) is 2.53. The van der Waals surface area contributed by atoms with Gasteiger partial charge in [-0.25, -0.2) is 23.1 Å². The number of benzene rings is 2. The van der Waals surface area contributed by atoms with Crippen molar-refractivity contribution in [1.29, 1.82) is 5.26 Å². The number of nitrogens with one attached hydrogen (secondary N) is 3. The van der Waals surface area contributed by atoms with Crippen molar-refractivity contribution in [2.45, 2.75) is 9.79 Å². The highest BCUT2D eigenvalue weighted by Gasteiger charge is 2.14. The van der Waals surface area contributed by atoms with Crippen LogP contribution in [0.15, 0.2) is 58.6 Å². The normalized spacial score (nSPS) is 11.0. The van der Waals surface area contributed by atoms with E-state index in [0.717, 1.165) is 4.90 Å². The minimum absolute atomic E-state index is 0.143. The maximum atomic E-state index is 12.1. The number of aromatic nitrogens is 2. The third-order valence-corrected chi connectivity index (χ3v) is 6.56. The molecule has 0 unspecified atom stereocenters. The molecule has 0 aliphatic carbocycles. The predicted octanol–water partition coefficient (Wildman–Crippen LogP) is 4.12. The summed E-state index contributed by atoms with van der Waals surface area (Å²) < 4.78 is 26.6. The van der Waals surface area contributed by atoms with Crippen molar-refractivity contribution in [2.24, 2.45) is 0 Å². The Balaban J connectivity index is 1.87. The number of hydrogen-bond acceptors (Lipinski definition) is 8. The molecule has 11 heteroatoms. The van der Waals surface area contributed by atoms with Crippen molar-refractivity contribution in [3.05, 3.63) is 59.4 Å². The first kappa shape index (κ1) is 21.9. The second kappa shape index (κ2) is 9.32. The zero-order valence-electron chi connectivity index (χ0n) is 16.0. The molecule has 0 atom stereocenters. The van der Waals surface area contributed by atoms with Crippen LogP contribution in [-0.4, -0.2) is 31.7 Å². The van der Waals surface area contributed by atoms with Gasteiger partial charge in [0.1, 0.15) is 24.0 Å². The van der Waals surface area contributed by atoms with Crippen molar-refractivity contribution >= 4 is 56.4 Å². The molecule has 0 amide bonds. The van der Waals surface area contributed by atoms with Crippen molar-refractivity contribution in [1.82, 2.24) is 14.7 Å². The molecular weight excluding hydrogens is 444 g/mol. The standard InChI is InChI=1S/C19H17ClN6O2S2/c1-22-30(27,28)14-5-6-17(29-2)16(8-14)26-19-9-18(23-11-24-19)25-13-4-3-12(10-21)15(20)7-13/h3-9,11,22H,1-2H3,(H2,23,24,25,26). The number of nitrogens with zero attached hydrogens (tertiary/aromatic N) is 3. The topological polar surface area (TPSA) is 120 Å². The maximum absolute atomic E-state index is 12.1. The van der Waals surface area contributed by atoms with Crippen LogP contribution in [0.4, 0.5) is 23.0 Å². The van der Waals surface area contributed by atoms with Gasteiger partial charge in [-0.05, 0) is 49.7 Å². The Hall–Kier alpha value is -2.84. The first-order chi connectivity index (χ1) is 14.4. The minimum atomic E-state index is -3.58. The summed E-state index contributed by atoms with van der Waals surface area (Å²) in [7, 11) is -2.21. The third kappa shape index (κ3) is 5.01. The van der Waals surface area contributed by atoms with E-state index in [1.165, 1.54) is 25.1 Å². The van der Waals surface area contributed by atoms with E-state index in [9.17, 15) is 8.42 Å². The molecule has 0 aliphatic rings. The van der Waals surface area contributed by atoms with E-state index in [1.807, 2.05) is 12.3 Å². The van der Waals surface area contributed by atoms with E-state index in [1.54, 1.807) is 42.5 Å². The van der Waals surface area contributed by atoms with Gasteiger partial charge in [0.15, 0.2) is 0 Å². The molecule has 0 radical (unpaired) electrons. The summed E-state index contributed by atoms with van der Waals surface area (Å²) in [5.41, 5.74) is 1.65. The average molecular weight is 461 g/mol. The van der Waals surface area contributed by atoms with Crippen LogP contribution in [0.3, 0.4) is 0 Å². The van der Waals surface area contributed by atoms with Crippen molar-refractivity contribution < 1.29 is 8.42 Å². The second-order valence-electron chi connectivity index (χ2n) is 5.91. The van der Waals surface area contributed by atoms with E-state index in [2.05, 4.69) is 25.3 Å². The third-order valence-electron chi connectivity index (χ3n) is 4.04. The lowest BCUT2D eigenvalue weighted by molar-refractivity contribution is 0.588. The van der Waals surface area contributed by atoms with Crippen LogP contribution < -0.4 is 15.4 Å². The Morgan fingerprint density at radius 2 is 1.80 bits per heavy atom. The molecule has 0 saturated carbocycles. The van der Waals surface area contributed by atoms with Gasteiger partial charge >= 0.3 is 0 Å². The fraction of sp³-hybridized carbons (Fsp3) is 0.105. The monoisotopic (exact) mass is 460 g/mol. The van der Waals surface area contributed by atoms with Crippen molar-refractivity contribution in [2.75, 3.05) is 23.9 Å². The van der Waals surface area contributed by atoms with Gasteiger partial charge in [-0.3, -0.25) is 0 Å². The fourth-order valence-corrected chi connectivity index (χ4v) is 4.05. The molecule has 3 rings (SSSR count). The SMILES string of the molecule is CNS(=O)(=O)c1ccc(SC)c(Nc2cc(Nc3ccc(C#N)c(Cl)c3)ncn2)c1. The summed E-state index contributed by atoms with van der Waals surface area (Å²) in [6.45, 7) is 0. The summed E-state index contributed by atoms with van der Waals surface area (Å²) in [5, 5.41) is 15.6. The van der Waals surface area contributed by atoms with Crippen LogP contribution in [-0.2, 0) is 10.0 Å². The zero-order chi connectivity index (χ0) is 21.7. The number of sulfonamides is 1. The van der Waals surface area contributed by atoms with Crippen LogP contribution in [0.5, 0.6) is 0 Å². The van der Waals surface area contributed by atoms with E-state index < -0.39 is 10.0 Å². The smallest absolute Gasteiger partial charge is 0.240 e. The quantitative estimate of drug-likeness (QED) is 0.450. The van der Waals surface area contributed by atoms with Crippen LogP contribution in [0.1, 0.15) is 5.56 Å². The molecular formula is C19H17ClN6O2S2. The van der Waals surface area contributed by atoms with E-state index in [0.29, 0.717) is 33.6 Å². The molecule has 0 aliphatic heterocycles. The van der Waals surface area contributed by atoms with Crippen LogP contribution >= 0.6 is 23.4 Å². The molecule has 154 valence electrons. The Labute approximate surface area is 183 Å². The molecule has 0 saturated heterocycles. The number of halogens is 1. The summed E-state index contributed by atoms with van der Waals surface area (Å²) in [6.07, 6.45) is 3.28. The molecule has 0 spiro atoms. The van der Waals surface area contributed by atoms with Crippen LogP contribution in [0, 0.1) is 11.3 Å². The average Bonchev–Trinajstić information content (AvgIpc) is 2.74. The molecule has 3 aromatic rings. The van der Waals surface area contributed by atoms with Crippen molar-refractivity contribution in [3.8, 4) is 6.07 Å². The predicted molar refractivity (Wildman–Crippen MR) is 119 cm³/mol. The van der Waals surface area contributed by atoms with Gasteiger partial charge in [0.05, 0.1) is 21.2 Å². The lowest BCUT2D eigenvalue weighted by atomic mass is 10.2. The van der Waals surface area contributed by atoms with Gasteiger partial charge in [-0.2, -0.15) is 5.26 Å². The molecule has 30 heavy (non-hydrogen) atoms. The molecule has 3 N–H and O–H groups in total. The van der Waals surface area contributed by atoms with Gasteiger partial charge in [-0.15, -0.1) is 11.8 Å². The van der Waals surface area contributed by atoms with E-state index >= 15 is 0 Å². The lowest BCUT2D eigenvalue weighted by Crippen LogP contribution is -2.18. The zero-order valence-corrected chi connectivity index (χ0v) is 18.4. The molecule has 1 aromatic heterocycles. The number of rotatable bonds is 7. The van der Waals surface area contributed by atoms with Gasteiger partial charge in [0.2, 0.25) is 10.0 Å². The molecule has 0 fully saturated rings. The minimum Gasteiger partial charge on any atom is -0.340 e. The highest BCUT2D eigenvalue weighted by molar-refractivity contribution is 7.98. The van der Waals surface area contributed by atoms with Gasteiger partial charge in [-0.1, -0.05) is 11.6 Å². The summed E-state index contributed by atoms with van der Waals surface area (Å²) in [5.74, 6) is 0.972. The number of hydrogen-bond donors (Lipinski definition) is 3.